The van der Waals surface area contributed by atoms with Gasteiger partial charge in [-0.25, -0.2) is 4.68 Å². The highest BCUT2D eigenvalue weighted by Gasteiger charge is 2.13. The minimum absolute atomic E-state index is 0.217. The van der Waals surface area contributed by atoms with E-state index in [2.05, 4.69) is 20.6 Å². The van der Waals surface area contributed by atoms with Crippen LogP contribution in [0.3, 0.4) is 0 Å². The largest absolute Gasteiger partial charge is 0.360 e. The number of hydrogen-bond donors (Lipinski definition) is 2. The van der Waals surface area contributed by atoms with Gasteiger partial charge < -0.3 is 10.1 Å². The Morgan fingerprint density at radius 2 is 2.44 bits per heavy atom. The summed E-state index contributed by atoms with van der Waals surface area (Å²) < 4.78 is 6.76. The van der Waals surface area contributed by atoms with Crippen LogP contribution < -0.4 is 5.32 Å². The maximum Gasteiger partial charge on any atom is 0.275 e. The van der Waals surface area contributed by atoms with Crippen molar-refractivity contribution in [3.63, 3.8) is 0 Å². The lowest BCUT2D eigenvalue weighted by atomic mass is 10.4. The summed E-state index contributed by atoms with van der Waals surface area (Å²) >= 11 is 5.78. The molecule has 18 heavy (non-hydrogen) atoms. The third-order valence-corrected chi connectivity index (χ3v) is 2.43. The van der Waals surface area contributed by atoms with E-state index in [1.54, 1.807) is 10.9 Å². The van der Waals surface area contributed by atoms with Gasteiger partial charge in [0.2, 0.25) is 0 Å². The first-order valence-corrected chi connectivity index (χ1v) is 5.69. The molecule has 96 valence electrons. The Balaban J connectivity index is 1.99. The van der Waals surface area contributed by atoms with Crippen LogP contribution in [0.1, 0.15) is 17.4 Å². The van der Waals surface area contributed by atoms with Gasteiger partial charge in [0.15, 0.2) is 0 Å². The molecule has 0 spiro atoms. The van der Waals surface area contributed by atoms with Crippen LogP contribution >= 0.6 is 11.6 Å². The van der Waals surface area contributed by atoms with Gasteiger partial charge in [0.1, 0.15) is 12.4 Å². The van der Waals surface area contributed by atoms with E-state index in [0.29, 0.717) is 19.0 Å². The van der Waals surface area contributed by atoms with E-state index in [1.807, 2.05) is 6.92 Å². The number of hydrogen-bond acceptors (Lipinski definition) is 4. The summed E-state index contributed by atoms with van der Waals surface area (Å²) in [6.45, 7) is 2.84. The van der Waals surface area contributed by atoms with Crippen LogP contribution in [0.4, 0.5) is 5.69 Å². The molecule has 7 nitrogen and oxygen atoms in total. The van der Waals surface area contributed by atoms with Gasteiger partial charge in [0, 0.05) is 6.61 Å². The minimum Gasteiger partial charge on any atom is -0.360 e. The predicted molar refractivity (Wildman–Crippen MR) is 65.4 cm³/mol. The summed E-state index contributed by atoms with van der Waals surface area (Å²) in [5.74, 6) is -0.367. The Kier molecular flexibility index (Phi) is 3.96. The summed E-state index contributed by atoms with van der Waals surface area (Å²) in [6, 6.07) is 0. The normalized spacial score (nSPS) is 10.6. The molecule has 0 saturated heterocycles. The number of aromatic amines is 1. The molecule has 0 aliphatic rings. The van der Waals surface area contributed by atoms with Crippen LogP contribution in [0, 0.1) is 0 Å². The monoisotopic (exact) mass is 269 g/mol. The molecule has 0 atom stereocenters. The van der Waals surface area contributed by atoms with E-state index in [1.165, 1.54) is 12.4 Å². The van der Waals surface area contributed by atoms with Gasteiger partial charge in [-0.3, -0.25) is 9.89 Å². The van der Waals surface area contributed by atoms with Gasteiger partial charge in [0.05, 0.1) is 29.3 Å². The van der Waals surface area contributed by atoms with Gasteiger partial charge in [-0.15, -0.1) is 0 Å². The second kappa shape index (κ2) is 5.65. The van der Waals surface area contributed by atoms with E-state index in [9.17, 15) is 4.79 Å². The molecule has 0 unspecified atom stereocenters. The number of halogens is 1. The van der Waals surface area contributed by atoms with Crippen molar-refractivity contribution in [3.8, 4) is 0 Å². The van der Waals surface area contributed by atoms with Crippen LogP contribution in [-0.2, 0) is 11.5 Å². The minimum atomic E-state index is -0.367. The Labute approximate surface area is 108 Å². The van der Waals surface area contributed by atoms with E-state index in [0.717, 1.165) is 0 Å². The van der Waals surface area contributed by atoms with Gasteiger partial charge in [0.25, 0.3) is 5.91 Å². The average Bonchev–Trinajstić information content (AvgIpc) is 2.95. The molecule has 2 heterocycles. The Bertz CT molecular complexity index is 536. The summed E-state index contributed by atoms with van der Waals surface area (Å²) in [5, 5.41) is 13.1. The molecule has 2 aromatic heterocycles. The van der Waals surface area contributed by atoms with Crippen molar-refractivity contribution in [2.45, 2.75) is 13.7 Å². The van der Waals surface area contributed by atoms with Gasteiger partial charge in [-0.1, -0.05) is 11.6 Å². The van der Waals surface area contributed by atoms with Gasteiger partial charge >= 0.3 is 0 Å². The number of carbonyl (C=O) groups is 1. The smallest absolute Gasteiger partial charge is 0.275 e. The first-order valence-electron chi connectivity index (χ1n) is 5.31. The highest BCUT2D eigenvalue weighted by molar-refractivity contribution is 6.34. The summed E-state index contributed by atoms with van der Waals surface area (Å²) in [4.78, 5) is 11.8. The SMILES string of the molecule is CCOCn1cc(NC(=O)c2[nH]ncc2Cl)cn1. The molecule has 0 aliphatic heterocycles. The van der Waals surface area contributed by atoms with E-state index < -0.39 is 0 Å². The molecular formula is C10H12ClN5O2. The topological polar surface area (TPSA) is 84.8 Å². The number of carbonyl (C=O) groups excluding carboxylic acids is 1. The van der Waals surface area contributed by atoms with Crippen molar-refractivity contribution < 1.29 is 9.53 Å². The average molecular weight is 270 g/mol. The molecule has 0 aromatic carbocycles. The fraction of sp³-hybridized carbons (Fsp3) is 0.300. The number of nitrogens with one attached hydrogen (secondary N) is 2. The number of rotatable bonds is 5. The number of amides is 1. The fourth-order valence-corrected chi connectivity index (χ4v) is 1.48. The number of H-pyrrole nitrogens is 1. The van der Waals surface area contributed by atoms with Crippen molar-refractivity contribution in [3.05, 3.63) is 29.3 Å². The van der Waals surface area contributed by atoms with Gasteiger partial charge in [-0.2, -0.15) is 10.2 Å². The predicted octanol–water partition coefficient (Wildman–Crippen LogP) is 1.51. The van der Waals surface area contributed by atoms with E-state index in [-0.39, 0.29) is 16.6 Å². The lowest BCUT2D eigenvalue weighted by molar-refractivity contribution is 0.0792. The first-order chi connectivity index (χ1) is 8.70. The maximum atomic E-state index is 11.8. The van der Waals surface area contributed by atoms with Crippen LogP contribution in [-0.4, -0.2) is 32.5 Å². The zero-order valence-electron chi connectivity index (χ0n) is 9.68. The number of ether oxygens (including phenoxy) is 1. The molecule has 1 amide bonds. The number of nitrogens with zero attached hydrogens (tertiary/aromatic N) is 3. The Morgan fingerprint density at radius 1 is 1.61 bits per heavy atom. The molecule has 0 bridgehead atoms. The molecular weight excluding hydrogens is 258 g/mol. The Hall–Kier alpha value is -1.86. The molecule has 0 fully saturated rings. The Morgan fingerprint density at radius 3 is 3.11 bits per heavy atom. The standard InChI is InChI=1S/C10H12ClN5O2/c1-2-18-6-16-5-7(3-13-16)14-10(17)9-8(11)4-12-15-9/h3-5H,2,6H2,1H3,(H,12,15)(H,14,17). The molecule has 2 N–H and O–H groups in total. The number of anilines is 1. The van der Waals surface area contributed by atoms with Crippen molar-refractivity contribution in [1.82, 2.24) is 20.0 Å². The van der Waals surface area contributed by atoms with Crippen molar-refractivity contribution >= 4 is 23.2 Å². The first kappa shape index (κ1) is 12.6. The fourth-order valence-electron chi connectivity index (χ4n) is 1.31. The molecule has 0 aliphatic carbocycles. The lowest BCUT2D eigenvalue weighted by Gasteiger charge is -2.01. The van der Waals surface area contributed by atoms with Crippen LogP contribution in [0.2, 0.25) is 5.02 Å². The zero-order chi connectivity index (χ0) is 13.0. The second-order valence-corrected chi connectivity index (χ2v) is 3.84. The summed E-state index contributed by atoms with van der Waals surface area (Å²) in [6.07, 6.45) is 4.56. The molecule has 2 rings (SSSR count). The quantitative estimate of drug-likeness (QED) is 0.861. The molecule has 0 saturated carbocycles. The van der Waals surface area contributed by atoms with Crippen molar-refractivity contribution in [2.24, 2.45) is 0 Å². The lowest BCUT2D eigenvalue weighted by Crippen LogP contribution is -2.12. The van der Waals surface area contributed by atoms with Crippen LogP contribution in [0.15, 0.2) is 18.6 Å². The molecule has 2 aromatic rings. The van der Waals surface area contributed by atoms with E-state index in [4.69, 9.17) is 16.3 Å². The highest BCUT2D eigenvalue weighted by atomic mass is 35.5. The highest BCUT2D eigenvalue weighted by Crippen LogP contribution is 2.14. The summed E-state index contributed by atoms with van der Waals surface area (Å²) in [5.41, 5.74) is 0.777. The number of aromatic nitrogens is 4. The van der Waals surface area contributed by atoms with E-state index >= 15 is 0 Å². The van der Waals surface area contributed by atoms with Crippen LogP contribution in [0.25, 0.3) is 0 Å². The second-order valence-electron chi connectivity index (χ2n) is 3.44. The molecule has 0 radical (unpaired) electrons. The summed E-state index contributed by atoms with van der Waals surface area (Å²) in [7, 11) is 0. The van der Waals surface area contributed by atoms with Crippen molar-refractivity contribution in [1.29, 1.82) is 0 Å². The third-order valence-electron chi connectivity index (χ3n) is 2.14. The van der Waals surface area contributed by atoms with Crippen LogP contribution in [0.5, 0.6) is 0 Å². The molecule has 8 heteroatoms. The zero-order valence-corrected chi connectivity index (χ0v) is 10.4. The maximum absolute atomic E-state index is 11.8. The third kappa shape index (κ3) is 2.88. The van der Waals surface area contributed by atoms with Gasteiger partial charge in [-0.05, 0) is 6.92 Å². The van der Waals surface area contributed by atoms with Crippen molar-refractivity contribution in [2.75, 3.05) is 11.9 Å².